The van der Waals surface area contributed by atoms with E-state index >= 15 is 0 Å². The number of piperidine rings is 1. The van der Waals surface area contributed by atoms with Gasteiger partial charge in [0, 0.05) is 13.1 Å². The molecule has 2 rings (SSSR count). The number of halogens is 2. The topological polar surface area (TPSA) is 64.4 Å². The molecule has 0 N–H and O–H groups in total. The fourth-order valence-electron chi connectivity index (χ4n) is 2.15. The van der Waals surface area contributed by atoms with Crippen LogP contribution in [0.4, 0.5) is 0 Å². The third kappa shape index (κ3) is 7.78. The molecule has 1 aromatic heterocycles. The second-order valence-electron chi connectivity index (χ2n) is 6.55. The highest BCUT2D eigenvalue weighted by atomic mass is 127. The molecular weight excluding hydrogens is 508 g/mol. The summed E-state index contributed by atoms with van der Waals surface area (Å²) in [5, 5.41) is 4.20. The first-order valence-corrected chi connectivity index (χ1v) is 12.5. The van der Waals surface area contributed by atoms with Crippen LogP contribution in [0.1, 0.15) is 39.3 Å². The van der Waals surface area contributed by atoms with E-state index in [1.54, 1.807) is 4.90 Å². The molecule has 1 aromatic rings. The maximum absolute atomic E-state index is 11.7. The quantitative estimate of drug-likeness (QED) is 0.256. The van der Waals surface area contributed by atoms with E-state index in [0.717, 1.165) is 16.7 Å². The van der Waals surface area contributed by atoms with Crippen LogP contribution < -0.4 is 0 Å². The fourth-order valence-corrected chi connectivity index (χ4v) is 5.27. The molecule has 1 aliphatic heterocycles. The van der Waals surface area contributed by atoms with Crippen LogP contribution in [0.25, 0.3) is 0 Å². The predicted molar refractivity (Wildman–Crippen MR) is 109 cm³/mol. The lowest BCUT2D eigenvalue weighted by Crippen LogP contribution is -2.38. The van der Waals surface area contributed by atoms with Crippen LogP contribution >= 0.6 is 44.3 Å². The van der Waals surface area contributed by atoms with Gasteiger partial charge in [0.05, 0.1) is 18.0 Å². The number of aromatic nitrogens is 2. The van der Waals surface area contributed by atoms with Gasteiger partial charge in [-0.1, -0.05) is 0 Å². The molecule has 136 valence electrons. The van der Waals surface area contributed by atoms with Gasteiger partial charge in [-0.25, -0.2) is 4.45 Å². The zero-order valence-electron chi connectivity index (χ0n) is 14.4. The molecule has 0 bridgehead atoms. The molecular formula is C15H24BrIN3O3P. The average Bonchev–Trinajstić information content (AvgIpc) is 2.84. The molecule has 0 saturated carbocycles. The van der Waals surface area contributed by atoms with Crippen molar-refractivity contribution in [3.63, 3.8) is 0 Å². The second kappa shape index (κ2) is 10.1. The Morgan fingerprint density at radius 3 is 2.38 bits per heavy atom. The molecule has 2 heterocycles. The molecule has 0 radical (unpaired) electrons. The van der Waals surface area contributed by atoms with Gasteiger partial charge in [0.2, 0.25) is 6.41 Å². The zero-order valence-corrected chi connectivity index (χ0v) is 19.1. The van der Waals surface area contributed by atoms with Gasteiger partial charge in [0.1, 0.15) is 10.2 Å². The standard InChI is InChI=1S/C11H19NO3.C4H5BrIN2P/c1-11(2,3)15-10(14)9-4-6-12(8-13)7-5-9;1-3-2-4(5)8(7-3)9-6/h8-9H,4-7H2,1-3H3;2,9H,1H3. The number of likely N-dealkylation sites (tertiary alicyclic amines) is 1. The van der Waals surface area contributed by atoms with Crippen molar-refractivity contribution in [2.75, 3.05) is 13.1 Å². The number of ether oxygens (including phenoxy) is 1. The minimum Gasteiger partial charge on any atom is -0.460 e. The minimum atomic E-state index is -0.418. The van der Waals surface area contributed by atoms with Crippen molar-refractivity contribution in [3.8, 4) is 0 Å². The summed E-state index contributed by atoms with van der Waals surface area (Å²) in [7, 11) is 0. The SMILES string of the molecule is CC(C)(C)OC(=O)C1CCN(C=O)CC1.Cc1cc(Br)n(PI)n1. The Kier molecular flexibility index (Phi) is 9.16. The van der Waals surface area contributed by atoms with E-state index in [9.17, 15) is 9.59 Å². The molecule has 24 heavy (non-hydrogen) atoms. The summed E-state index contributed by atoms with van der Waals surface area (Å²) >= 11 is 5.67. The number of amides is 1. The number of nitrogens with zero attached hydrogens (tertiary/aromatic N) is 3. The van der Waals surface area contributed by atoms with Crippen LogP contribution in [0.5, 0.6) is 0 Å². The number of aryl methyl sites for hydroxylation is 1. The molecule has 1 amide bonds. The summed E-state index contributed by atoms with van der Waals surface area (Å²) in [5.74, 6) is -0.173. The number of carbonyl (C=O) groups excluding carboxylic acids is 2. The number of carbonyl (C=O) groups is 2. The Labute approximate surface area is 166 Å². The van der Waals surface area contributed by atoms with Gasteiger partial charge >= 0.3 is 5.97 Å². The lowest BCUT2D eigenvalue weighted by molar-refractivity contribution is -0.162. The number of esters is 1. The van der Waals surface area contributed by atoms with Crippen molar-refractivity contribution in [1.29, 1.82) is 0 Å². The maximum Gasteiger partial charge on any atom is 0.309 e. The van der Waals surface area contributed by atoms with Gasteiger partial charge in [-0.15, -0.1) is 0 Å². The van der Waals surface area contributed by atoms with Crippen LogP contribution in [0.2, 0.25) is 0 Å². The van der Waals surface area contributed by atoms with Gasteiger partial charge in [0.25, 0.3) is 0 Å². The number of rotatable bonds is 3. The van der Waals surface area contributed by atoms with Gasteiger partial charge in [-0.3, -0.25) is 9.59 Å². The summed E-state index contributed by atoms with van der Waals surface area (Å²) in [6.07, 6.45) is 2.95. The number of hydrogen-bond acceptors (Lipinski definition) is 4. The van der Waals surface area contributed by atoms with E-state index in [-0.39, 0.29) is 11.9 Å². The van der Waals surface area contributed by atoms with Crippen LogP contribution in [-0.2, 0) is 14.3 Å². The molecule has 1 fully saturated rings. The Bertz CT molecular complexity index is 555. The Hall–Kier alpha value is -0.210. The minimum absolute atomic E-state index is 0.0413. The summed E-state index contributed by atoms with van der Waals surface area (Å²) in [6, 6.07) is 2.01. The Balaban J connectivity index is 0.000000272. The first-order chi connectivity index (χ1) is 11.2. The average molecular weight is 532 g/mol. The highest BCUT2D eigenvalue weighted by Gasteiger charge is 2.28. The third-order valence-electron chi connectivity index (χ3n) is 3.29. The molecule has 0 aliphatic carbocycles. The molecule has 1 aliphatic rings. The van der Waals surface area contributed by atoms with Crippen LogP contribution in [-0.4, -0.2) is 45.5 Å². The van der Waals surface area contributed by atoms with Gasteiger partial charge in [-0.2, -0.15) is 5.10 Å². The lowest BCUT2D eigenvalue weighted by atomic mass is 9.97. The van der Waals surface area contributed by atoms with E-state index in [0.29, 0.717) is 32.3 Å². The van der Waals surface area contributed by atoms with Gasteiger partial charge in [0.15, 0.2) is 0 Å². The molecule has 9 heteroatoms. The van der Waals surface area contributed by atoms with Crippen LogP contribution in [0.3, 0.4) is 0 Å². The highest BCUT2D eigenvalue weighted by Crippen LogP contribution is 2.28. The van der Waals surface area contributed by atoms with E-state index in [1.165, 1.54) is 0 Å². The largest absolute Gasteiger partial charge is 0.460 e. The molecule has 0 aromatic carbocycles. The predicted octanol–water partition coefficient (Wildman–Crippen LogP) is 3.94. The third-order valence-corrected chi connectivity index (χ3v) is 6.05. The van der Waals surface area contributed by atoms with Crippen molar-refractivity contribution in [2.24, 2.45) is 5.92 Å². The van der Waals surface area contributed by atoms with Gasteiger partial charge < -0.3 is 9.64 Å². The summed E-state index contributed by atoms with van der Waals surface area (Å²) in [5.41, 5.74) is 0.643. The van der Waals surface area contributed by atoms with Crippen molar-refractivity contribution < 1.29 is 14.3 Å². The summed E-state index contributed by atoms with van der Waals surface area (Å²) in [6.45, 7) is 8.90. The second-order valence-corrected chi connectivity index (χ2v) is 9.41. The maximum atomic E-state index is 11.7. The molecule has 1 saturated heterocycles. The molecule has 6 nitrogen and oxygen atoms in total. The summed E-state index contributed by atoms with van der Waals surface area (Å²) in [4.78, 5) is 23.8. The van der Waals surface area contributed by atoms with Crippen LogP contribution in [0, 0.1) is 12.8 Å². The highest BCUT2D eigenvalue weighted by molar-refractivity contribution is 14.2. The van der Waals surface area contributed by atoms with E-state index < -0.39 is 5.60 Å². The summed E-state index contributed by atoms with van der Waals surface area (Å²) < 4.78 is 8.29. The van der Waals surface area contributed by atoms with Crippen molar-refractivity contribution in [1.82, 2.24) is 14.5 Å². The van der Waals surface area contributed by atoms with Crippen molar-refractivity contribution in [2.45, 2.75) is 46.1 Å². The lowest BCUT2D eigenvalue weighted by Gasteiger charge is -2.30. The van der Waals surface area contributed by atoms with E-state index in [4.69, 9.17) is 4.74 Å². The molecule has 1 atom stereocenters. The Morgan fingerprint density at radius 2 is 2.04 bits per heavy atom. The first kappa shape index (κ1) is 21.8. The molecule has 0 spiro atoms. The van der Waals surface area contributed by atoms with Gasteiger partial charge in [-0.05, 0) is 84.6 Å². The van der Waals surface area contributed by atoms with Crippen molar-refractivity contribution >= 4 is 56.7 Å². The van der Waals surface area contributed by atoms with E-state index in [1.807, 2.05) is 38.2 Å². The molecule has 1 unspecified atom stereocenters. The van der Waals surface area contributed by atoms with Crippen LogP contribution in [0.15, 0.2) is 10.7 Å². The Morgan fingerprint density at radius 1 is 1.46 bits per heavy atom. The first-order valence-electron chi connectivity index (χ1n) is 7.67. The fraction of sp³-hybridized carbons (Fsp3) is 0.667. The number of hydrogen-bond donors (Lipinski definition) is 0. The zero-order chi connectivity index (χ0) is 18.3. The monoisotopic (exact) mass is 531 g/mol. The normalized spacial score (nSPS) is 16.0. The van der Waals surface area contributed by atoms with E-state index in [2.05, 4.69) is 43.1 Å². The van der Waals surface area contributed by atoms with Crippen molar-refractivity contribution in [3.05, 3.63) is 16.4 Å². The smallest absolute Gasteiger partial charge is 0.309 e.